The lowest BCUT2D eigenvalue weighted by atomic mass is 10.0. The van der Waals surface area contributed by atoms with Crippen LogP contribution >= 0.6 is 0 Å². The van der Waals surface area contributed by atoms with Gasteiger partial charge in [0, 0.05) is 19.1 Å². The van der Waals surface area contributed by atoms with Gasteiger partial charge in [-0.2, -0.15) is 0 Å². The van der Waals surface area contributed by atoms with Crippen molar-refractivity contribution in [1.29, 1.82) is 0 Å². The zero-order valence-corrected chi connectivity index (χ0v) is 11.6. The summed E-state index contributed by atoms with van der Waals surface area (Å²) in [5, 5.41) is 22.5. The number of hydrogen-bond acceptors (Lipinski definition) is 4. The predicted molar refractivity (Wildman–Crippen MR) is 74.8 cm³/mol. The number of nitrogens with one attached hydrogen (secondary N) is 1. The van der Waals surface area contributed by atoms with Crippen LogP contribution in [-0.4, -0.2) is 38.5 Å². The number of fused-ring (bicyclic) bond motifs is 1. The minimum Gasteiger partial charge on any atom is -0.394 e. The fraction of sp³-hybridized carbons (Fsp3) is 0.500. The van der Waals surface area contributed by atoms with Crippen LogP contribution in [0, 0.1) is 0 Å². The van der Waals surface area contributed by atoms with E-state index in [-0.39, 0.29) is 6.61 Å². The van der Waals surface area contributed by atoms with E-state index in [0.717, 1.165) is 16.6 Å². The van der Waals surface area contributed by atoms with Crippen molar-refractivity contribution in [1.82, 2.24) is 14.9 Å². The smallest absolute Gasteiger partial charge is 0.0955 e. The third-order valence-electron chi connectivity index (χ3n) is 3.30. The van der Waals surface area contributed by atoms with Crippen LogP contribution in [0.1, 0.15) is 25.5 Å². The molecule has 0 amide bonds. The molecule has 0 aliphatic heterocycles. The Morgan fingerprint density at radius 3 is 2.84 bits per heavy atom. The molecule has 0 aliphatic carbocycles. The fourth-order valence-electron chi connectivity index (χ4n) is 1.91. The standard InChI is InChI=1S/C14H21N3O2/c1-14(2,8-18)16-7-13(19)10-4-5-12-11(6-10)15-9-17(12)3/h4-6,9,13,16,18-19H,7-8H2,1-3H3. The van der Waals surface area contributed by atoms with Crippen LogP contribution < -0.4 is 5.32 Å². The number of benzene rings is 1. The van der Waals surface area contributed by atoms with Crippen LogP contribution in [0.25, 0.3) is 11.0 Å². The Morgan fingerprint density at radius 1 is 1.42 bits per heavy atom. The second kappa shape index (κ2) is 5.28. The van der Waals surface area contributed by atoms with Gasteiger partial charge in [-0.1, -0.05) is 6.07 Å². The van der Waals surface area contributed by atoms with Gasteiger partial charge in [0.1, 0.15) is 0 Å². The average molecular weight is 263 g/mol. The maximum Gasteiger partial charge on any atom is 0.0955 e. The molecule has 5 heteroatoms. The van der Waals surface area contributed by atoms with E-state index in [1.165, 1.54) is 0 Å². The van der Waals surface area contributed by atoms with Crippen molar-refractivity contribution in [3.05, 3.63) is 30.1 Å². The molecule has 2 rings (SSSR count). The molecule has 0 aliphatic rings. The van der Waals surface area contributed by atoms with Crippen LogP contribution in [0.5, 0.6) is 0 Å². The molecule has 19 heavy (non-hydrogen) atoms. The lowest BCUT2D eigenvalue weighted by Gasteiger charge is -2.25. The molecule has 1 aromatic carbocycles. The van der Waals surface area contributed by atoms with Crippen molar-refractivity contribution >= 4 is 11.0 Å². The van der Waals surface area contributed by atoms with E-state index in [2.05, 4.69) is 10.3 Å². The van der Waals surface area contributed by atoms with Gasteiger partial charge in [0.05, 0.1) is 30.1 Å². The zero-order valence-electron chi connectivity index (χ0n) is 11.6. The normalized spacial score (nSPS) is 13.9. The van der Waals surface area contributed by atoms with Gasteiger partial charge in [-0.05, 0) is 31.5 Å². The number of aryl methyl sites for hydroxylation is 1. The quantitative estimate of drug-likeness (QED) is 0.751. The van der Waals surface area contributed by atoms with Crippen molar-refractivity contribution < 1.29 is 10.2 Å². The zero-order chi connectivity index (χ0) is 14.0. The Hall–Kier alpha value is -1.43. The summed E-state index contributed by atoms with van der Waals surface area (Å²) in [5.74, 6) is 0. The van der Waals surface area contributed by atoms with Gasteiger partial charge in [-0.15, -0.1) is 0 Å². The molecule has 1 heterocycles. The summed E-state index contributed by atoms with van der Waals surface area (Å²) < 4.78 is 1.94. The van der Waals surface area contributed by atoms with Gasteiger partial charge in [0.25, 0.3) is 0 Å². The number of imidazole rings is 1. The molecule has 1 aromatic heterocycles. The lowest BCUT2D eigenvalue weighted by molar-refractivity contribution is 0.136. The Kier molecular flexibility index (Phi) is 3.89. The minimum absolute atomic E-state index is 0.0268. The van der Waals surface area contributed by atoms with Gasteiger partial charge in [0.15, 0.2) is 0 Å². The summed E-state index contributed by atoms with van der Waals surface area (Å²) in [6.07, 6.45) is 1.14. The van der Waals surface area contributed by atoms with E-state index in [1.54, 1.807) is 6.33 Å². The Balaban J connectivity index is 2.11. The molecule has 1 atom stereocenters. The Morgan fingerprint density at radius 2 is 2.16 bits per heavy atom. The summed E-state index contributed by atoms with van der Waals surface area (Å²) in [5.41, 5.74) is 2.35. The second-order valence-electron chi connectivity index (χ2n) is 5.54. The van der Waals surface area contributed by atoms with Crippen LogP contribution in [0.2, 0.25) is 0 Å². The van der Waals surface area contributed by atoms with E-state index in [9.17, 15) is 5.11 Å². The minimum atomic E-state index is -0.614. The third-order valence-corrected chi connectivity index (χ3v) is 3.30. The predicted octanol–water partition coefficient (Wildman–Crippen LogP) is 0.967. The first kappa shape index (κ1) is 14.0. The summed E-state index contributed by atoms with van der Waals surface area (Å²) in [4.78, 5) is 4.28. The largest absolute Gasteiger partial charge is 0.394 e. The first-order valence-electron chi connectivity index (χ1n) is 6.38. The lowest BCUT2D eigenvalue weighted by Crippen LogP contribution is -2.44. The molecule has 1 unspecified atom stereocenters. The molecule has 2 aromatic rings. The van der Waals surface area contributed by atoms with E-state index < -0.39 is 11.6 Å². The molecule has 0 radical (unpaired) electrons. The van der Waals surface area contributed by atoms with E-state index in [4.69, 9.17) is 5.11 Å². The average Bonchev–Trinajstić information content (AvgIpc) is 2.77. The van der Waals surface area contributed by atoms with Crippen molar-refractivity contribution in [3.8, 4) is 0 Å². The molecule has 0 fully saturated rings. The highest BCUT2D eigenvalue weighted by Gasteiger charge is 2.18. The van der Waals surface area contributed by atoms with Gasteiger partial charge < -0.3 is 20.1 Å². The summed E-state index contributed by atoms with van der Waals surface area (Å²) in [7, 11) is 1.94. The van der Waals surface area contributed by atoms with Crippen LogP contribution in [-0.2, 0) is 7.05 Å². The fourth-order valence-corrected chi connectivity index (χ4v) is 1.91. The number of hydrogen-bond donors (Lipinski definition) is 3. The first-order chi connectivity index (χ1) is 8.93. The van der Waals surface area contributed by atoms with Crippen LogP contribution in [0.3, 0.4) is 0 Å². The summed E-state index contributed by atoms with van der Waals surface area (Å²) >= 11 is 0. The van der Waals surface area contributed by atoms with Crippen molar-refractivity contribution in [3.63, 3.8) is 0 Å². The molecule has 0 saturated carbocycles. The number of aliphatic hydroxyl groups is 2. The number of aliphatic hydroxyl groups excluding tert-OH is 2. The maximum absolute atomic E-state index is 10.2. The highest BCUT2D eigenvalue weighted by Crippen LogP contribution is 2.19. The topological polar surface area (TPSA) is 70.3 Å². The highest BCUT2D eigenvalue weighted by molar-refractivity contribution is 5.76. The molecule has 104 valence electrons. The van der Waals surface area contributed by atoms with E-state index in [0.29, 0.717) is 6.54 Å². The van der Waals surface area contributed by atoms with Crippen LogP contribution in [0.15, 0.2) is 24.5 Å². The monoisotopic (exact) mass is 263 g/mol. The number of aromatic nitrogens is 2. The molecule has 0 saturated heterocycles. The summed E-state index contributed by atoms with van der Waals surface area (Å²) in [6.45, 7) is 4.20. The summed E-state index contributed by atoms with van der Waals surface area (Å²) in [6, 6.07) is 5.76. The van der Waals surface area contributed by atoms with Crippen molar-refractivity contribution in [2.24, 2.45) is 7.05 Å². The van der Waals surface area contributed by atoms with Gasteiger partial charge in [-0.3, -0.25) is 0 Å². The van der Waals surface area contributed by atoms with Crippen molar-refractivity contribution in [2.45, 2.75) is 25.5 Å². The molecular formula is C14H21N3O2. The number of nitrogens with zero attached hydrogens (tertiary/aromatic N) is 2. The van der Waals surface area contributed by atoms with Gasteiger partial charge in [0.2, 0.25) is 0 Å². The maximum atomic E-state index is 10.2. The third kappa shape index (κ3) is 3.12. The van der Waals surface area contributed by atoms with Gasteiger partial charge >= 0.3 is 0 Å². The SMILES string of the molecule is Cn1cnc2cc(C(O)CNC(C)(C)CO)ccc21. The molecule has 3 N–H and O–H groups in total. The molecular weight excluding hydrogens is 242 g/mol. The highest BCUT2D eigenvalue weighted by atomic mass is 16.3. The Bertz CT molecular complexity index is 563. The first-order valence-corrected chi connectivity index (χ1v) is 6.38. The van der Waals surface area contributed by atoms with E-state index >= 15 is 0 Å². The molecule has 5 nitrogen and oxygen atoms in total. The molecule has 0 bridgehead atoms. The van der Waals surface area contributed by atoms with Crippen LogP contribution in [0.4, 0.5) is 0 Å². The second-order valence-corrected chi connectivity index (χ2v) is 5.54. The molecule has 0 spiro atoms. The van der Waals surface area contributed by atoms with Crippen molar-refractivity contribution in [2.75, 3.05) is 13.2 Å². The Labute approximate surface area is 112 Å². The number of β-amino-alcohol motifs (C(OH)–C–C–N with tert-alkyl or cyclic N) is 1. The van der Waals surface area contributed by atoms with Gasteiger partial charge in [-0.25, -0.2) is 4.98 Å². The van der Waals surface area contributed by atoms with E-state index in [1.807, 2.05) is 43.7 Å². The number of rotatable bonds is 5.